The zero-order chi connectivity index (χ0) is 26.3. The molecule has 1 amide bonds. The molecule has 0 aliphatic carbocycles. The number of ether oxygens (including phenoxy) is 2. The van der Waals surface area contributed by atoms with Crippen LogP contribution in [0.2, 0.25) is 0 Å². The standard InChI is InChI=1S/C29H30N6O3/c1-35(2)13-15-37-23-6-7-26(31-18-23)34-29(36)22-5-3-4-20(16-22)17-32-28-24-10-14-38-27(24)25(19-33-28)21-8-11-30-12-9-21/h3-9,11-12,16,18-19H,10,13-15,17H2,1-2H3,(H,32,33)(H,31,34,36). The van der Waals surface area contributed by atoms with Crippen LogP contribution < -0.4 is 20.1 Å². The van der Waals surface area contributed by atoms with E-state index in [1.807, 2.05) is 55.5 Å². The van der Waals surface area contributed by atoms with Gasteiger partial charge in [-0.1, -0.05) is 12.1 Å². The first-order chi connectivity index (χ1) is 18.6. The lowest BCUT2D eigenvalue weighted by atomic mass is 10.0. The molecular weight excluding hydrogens is 480 g/mol. The van der Waals surface area contributed by atoms with E-state index in [-0.39, 0.29) is 5.91 Å². The van der Waals surface area contributed by atoms with Gasteiger partial charge in [0.05, 0.1) is 12.8 Å². The summed E-state index contributed by atoms with van der Waals surface area (Å²) >= 11 is 0. The molecule has 9 nitrogen and oxygen atoms in total. The summed E-state index contributed by atoms with van der Waals surface area (Å²) in [4.78, 5) is 28.0. The molecule has 0 bridgehead atoms. The average molecular weight is 511 g/mol. The van der Waals surface area contributed by atoms with Crippen LogP contribution in [0.4, 0.5) is 11.6 Å². The van der Waals surface area contributed by atoms with E-state index in [2.05, 4.69) is 25.6 Å². The smallest absolute Gasteiger partial charge is 0.256 e. The van der Waals surface area contributed by atoms with E-state index in [0.29, 0.717) is 36.9 Å². The second-order valence-electron chi connectivity index (χ2n) is 9.20. The van der Waals surface area contributed by atoms with Crippen molar-refractivity contribution in [3.63, 3.8) is 0 Å². The molecule has 194 valence electrons. The highest BCUT2D eigenvalue weighted by molar-refractivity contribution is 6.03. The van der Waals surface area contributed by atoms with Gasteiger partial charge in [0.1, 0.15) is 29.7 Å². The van der Waals surface area contributed by atoms with E-state index in [0.717, 1.165) is 46.8 Å². The topological polar surface area (TPSA) is 102 Å². The highest BCUT2D eigenvalue weighted by Crippen LogP contribution is 2.39. The summed E-state index contributed by atoms with van der Waals surface area (Å²) in [5, 5.41) is 6.27. The van der Waals surface area contributed by atoms with Gasteiger partial charge in [0.15, 0.2) is 0 Å². The van der Waals surface area contributed by atoms with Gasteiger partial charge in [-0.25, -0.2) is 9.97 Å². The van der Waals surface area contributed by atoms with Crippen molar-refractivity contribution in [3.8, 4) is 22.6 Å². The number of carbonyl (C=O) groups is 1. The first kappa shape index (κ1) is 25.2. The van der Waals surface area contributed by atoms with Crippen molar-refractivity contribution in [2.75, 3.05) is 44.5 Å². The fraction of sp³-hybridized carbons (Fsp3) is 0.241. The number of aromatic nitrogens is 3. The van der Waals surface area contributed by atoms with Crippen LogP contribution in [0, 0.1) is 0 Å². The van der Waals surface area contributed by atoms with Gasteiger partial charge in [0, 0.05) is 54.8 Å². The summed E-state index contributed by atoms with van der Waals surface area (Å²) < 4.78 is 11.6. The molecule has 0 atom stereocenters. The Hall–Kier alpha value is -4.50. The summed E-state index contributed by atoms with van der Waals surface area (Å²) in [6, 6.07) is 14.9. The maximum Gasteiger partial charge on any atom is 0.256 e. The van der Waals surface area contributed by atoms with Crippen LogP contribution in [0.3, 0.4) is 0 Å². The fourth-order valence-electron chi connectivity index (χ4n) is 4.16. The van der Waals surface area contributed by atoms with Gasteiger partial charge in [0.25, 0.3) is 5.91 Å². The van der Waals surface area contributed by atoms with Crippen molar-refractivity contribution in [1.29, 1.82) is 0 Å². The molecule has 3 aromatic heterocycles. The molecule has 5 rings (SSSR count). The van der Waals surface area contributed by atoms with Gasteiger partial charge in [-0.05, 0) is 61.6 Å². The third-order valence-electron chi connectivity index (χ3n) is 6.15. The van der Waals surface area contributed by atoms with Crippen LogP contribution in [0.5, 0.6) is 11.5 Å². The number of hydrogen-bond acceptors (Lipinski definition) is 8. The number of amides is 1. The summed E-state index contributed by atoms with van der Waals surface area (Å²) in [5.74, 6) is 2.56. The first-order valence-corrected chi connectivity index (χ1v) is 12.5. The van der Waals surface area contributed by atoms with Gasteiger partial charge in [-0.3, -0.25) is 9.78 Å². The SMILES string of the molecule is CN(C)CCOc1ccc(NC(=O)c2cccc(CNc3ncc(-c4ccncc4)c4c3CCO4)c2)nc1. The number of rotatable bonds is 10. The molecule has 0 saturated heterocycles. The van der Waals surface area contributed by atoms with Crippen molar-refractivity contribution in [1.82, 2.24) is 19.9 Å². The van der Waals surface area contributed by atoms with E-state index in [4.69, 9.17) is 9.47 Å². The third-order valence-corrected chi connectivity index (χ3v) is 6.15. The lowest BCUT2D eigenvalue weighted by Gasteiger charge is -2.13. The summed E-state index contributed by atoms with van der Waals surface area (Å²) in [5.41, 5.74) is 4.56. The molecule has 0 radical (unpaired) electrons. The van der Waals surface area contributed by atoms with E-state index in [1.54, 1.807) is 36.8 Å². The van der Waals surface area contributed by atoms with Crippen LogP contribution in [-0.2, 0) is 13.0 Å². The van der Waals surface area contributed by atoms with Crippen LogP contribution in [0.25, 0.3) is 11.1 Å². The molecule has 1 aliphatic rings. The number of nitrogens with zero attached hydrogens (tertiary/aromatic N) is 4. The predicted molar refractivity (Wildman–Crippen MR) is 147 cm³/mol. The average Bonchev–Trinajstić information content (AvgIpc) is 3.44. The minimum absolute atomic E-state index is 0.227. The van der Waals surface area contributed by atoms with Gasteiger partial charge < -0.3 is 25.0 Å². The monoisotopic (exact) mass is 510 g/mol. The Bertz CT molecular complexity index is 1390. The van der Waals surface area contributed by atoms with E-state index in [1.165, 1.54) is 0 Å². The second-order valence-corrected chi connectivity index (χ2v) is 9.20. The number of nitrogens with one attached hydrogen (secondary N) is 2. The molecule has 2 N–H and O–H groups in total. The summed E-state index contributed by atoms with van der Waals surface area (Å²) in [6.07, 6.45) is 7.76. The van der Waals surface area contributed by atoms with E-state index < -0.39 is 0 Å². The van der Waals surface area contributed by atoms with Crippen molar-refractivity contribution < 1.29 is 14.3 Å². The predicted octanol–water partition coefficient (Wildman–Crippen LogP) is 4.28. The minimum atomic E-state index is -0.227. The van der Waals surface area contributed by atoms with E-state index in [9.17, 15) is 4.79 Å². The summed E-state index contributed by atoms with van der Waals surface area (Å²) in [6.45, 7) is 2.53. The van der Waals surface area contributed by atoms with Crippen molar-refractivity contribution >= 4 is 17.5 Å². The Morgan fingerprint density at radius 2 is 1.95 bits per heavy atom. The first-order valence-electron chi connectivity index (χ1n) is 12.5. The maximum absolute atomic E-state index is 12.9. The number of likely N-dealkylation sites (N-methyl/N-ethyl adjacent to an activating group) is 1. The molecule has 0 fully saturated rings. The number of fused-ring (bicyclic) bond motifs is 1. The van der Waals surface area contributed by atoms with Gasteiger partial charge in [-0.2, -0.15) is 0 Å². The molecule has 1 aromatic carbocycles. The van der Waals surface area contributed by atoms with Crippen LogP contribution >= 0.6 is 0 Å². The van der Waals surface area contributed by atoms with Gasteiger partial charge >= 0.3 is 0 Å². The van der Waals surface area contributed by atoms with Crippen molar-refractivity contribution in [2.24, 2.45) is 0 Å². The zero-order valence-corrected chi connectivity index (χ0v) is 21.5. The van der Waals surface area contributed by atoms with Gasteiger partial charge in [-0.15, -0.1) is 0 Å². The van der Waals surface area contributed by atoms with Gasteiger partial charge in [0.2, 0.25) is 0 Å². The maximum atomic E-state index is 12.9. The molecule has 9 heteroatoms. The Kier molecular flexibility index (Phi) is 7.75. The third kappa shape index (κ3) is 6.07. The molecule has 0 saturated carbocycles. The summed E-state index contributed by atoms with van der Waals surface area (Å²) in [7, 11) is 3.98. The molecule has 4 heterocycles. The lowest BCUT2D eigenvalue weighted by Crippen LogP contribution is -2.19. The van der Waals surface area contributed by atoms with E-state index >= 15 is 0 Å². The molecule has 0 spiro atoms. The molecule has 4 aromatic rings. The largest absolute Gasteiger partial charge is 0.492 e. The zero-order valence-electron chi connectivity index (χ0n) is 21.5. The highest BCUT2D eigenvalue weighted by Gasteiger charge is 2.22. The molecule has 38 heavy (non-hydrogen) atoms. The number of hydrogen-bond donors (Lipinski definition) is 2. The second kappa shape index (κ2) is 11.7. The normalized spacial score (nSPS) is 12.1. The van der Waals surface area contributed by atoms with Crippen LogP contribution in [0.1, 0.15) is 21.5 Å². The highest BCUT2D eigenvalue weighted by atomic mass is 16.5. The Labute approximate surface area is 221 Å². The molecule has 1 aliphatic heterocycles. The Balaban J connectivity index is 1.21. The quantitative estimate of drug-likeness (QED) is 0.326. The lowest BCUT2D eigenvalue weighted by molar-refractivity contribution is 0.102. The van der Waals surface area contributed by atoms with Crippen molar-refractivity contribution in [2.45, 2.75) is 13.0 Å². The molecule has 0 unspecified atom stereocenters. The van der Waals surface area contributed by atoms with Crippen LogP contribution in [0.15, 0.2) is 73.3 Å². The molecular formula is C29H30N6O3. The Morgan fingerprint density at radius 1 is 1.08 bits per heavy atom. The number of pyridine rings is 3. The number of carbonyl (C=O) groups excluding carboxylic acids is 1. The Morgan fingerprint density at radius 3 is 2.74 bits per heavy atom. The fourth-order valence-corrected chi connectivity index (χ4v) is 4.16. The van der Waals surface area contributed by atoms with Crippen molar-refractivity contribution in [3.05, 3.63) is 90.0 Å². The minimum Gasteiger partial charge on any atom is -0.492 e. The number of anilines is 2. The van der Waals surface area contributed by atoms with Crippen LogP contribution in [-0.4, -0.2) is 59.6 Å². The number of benzene rings is 1.